The number of carbonyl (C=O) groups excluding carboxylic acids is 2. The van der Waals surface area contributed by atoms with Crippen LogP contribution in [0, 0.1) is 25.5 Å². The number of para-hydroxylation sites is 1. The van der Waals surface area contributed by atoms with Crippen LogP contribution in [-0.4, -0.2) is 46.1 Å². The Labute approximate surface area is 184 Å². The highest BCUT2D eigenvalue weighted by Crippen LogP contribution is 2.30. The van der Waals surface area contributed by atoms with Crippen molar-refractivity contribution in [3.8, 4) is 5.69 Å². The van der Waals surface area contributed by atoms with Crippen molar-refractivity contribution in [2.45, 2.75) is 19.9 Å². The fourth-order valence-electron chi connectivity index (χ4n) is 4.03. The van der Waals surface area contributed by atoms with Gasteiger partial charge in [0.05, 0.1) is 17.9 Å². The smallest absolute Gasteiger partial charge is 0.242 e. The highest BCUT2D eigenvalue weighted by molar-refractivity contribution is 5.93. The normalized spacial score (nSPS) is 16.6. The van der Waals surface area contributed by atoms with Gasteiger partial charge in [-0.3, -0.25) is 14.5 Å². The maximum absolute atomic E-state index is 13.5. The minimum Gasteiger partial charge on any atom is -0.353 e. The van der Waals surface area contributed by atoms with Crippen molar-refractivity contribution in [3.05, 3.63) is 77.1 Å². The first-order chi connectivity index (χ1) is 15.3. The molecule has 2 heterocycles. The summed E-state index contributed by atoms with van der Waals surface area (Å²) in [5.74, 6) is -2.67. The van der Waals surface area contributed by atoms with Gasteiger partial charge in [0.15, 0.2) is 11.6 Å². The Bertz CT molecular complexity index is 1160. The van der Waals surface area contributed by atoms with Gasteiger partial charge < -0.3 is 10.6 Å². The lowest BCUT2D eigenvalue weighted by atomic mass is 10.00. The minimum atomic E-state index is -1.04. The first kappa shape index (κ1) is 21.6. The fourth-order valence-corrected chi connectivity index (χ4v) is 4.03. The summed E-state index contributed by atoms with van der Waals surface area (Å²) in [5.41, 5.74) is 3.27. The Morgan fingerprint density at radius 2 is 1.91 bits per heavy atom. The zero-order chi connectivity index (χ0) is 22.8. The van der Waals surface area contributed by atoms with E-state index in [1.807, 2.05) is 44.2 Å². The number of amides is 2. The number of hydrogen-bond donors (Lipinski definition) is 2. The maximum Gasteiger partial charge on any atom is 0.242 e. The Balaban J connectivity index is 1.59. The molecule has 7 nitrogen and oxygen atoms in total. The largest absolute Gasteiger partial charge is 0.353 e. The van der Waals surface area contributed by atoms with Gasteiger partial charge in [-0.15, -0.1) is 0 Å². The Hall–Kier alpha value is -3.59. The highest BCUT2D eigenvalue weighted by atomic mass is 19.2. The molecule has 1 aliphatic heterocycles. The lowest BCUT2D eigenvalue weighted by Gasteiger charge is -2.34. The highest BCUT2D eigenvalue weighted by Gasteiger charge is 2.36. The van der Waals surface area contributed by atoms with Crippen molar-refractivity contribution < 1.29 is 18.4 Å². The molecule has 4 rings (SSSR count). The average Bonchev–Trinajstić information content (AvgIpc) is 3.05. The molecule has 0 unspecified atom stereocenters. The summed E-state index contributed by atoms with van der Waals surface area (Å²) in [5, 5.41) is 10.0. The summed E-state index contributed by atoms with van der Waals surface area (Å²) in [4.78, 5) is 27.3. The van der Waals surface area contributed by atoms with Crippen LogP contribution in [-0.2, 0) is 9.59 Å². The molecule has 3 aromatic rings. The minimum absolute atomic E-state index is 0.0908. The zero-order valence-corrected chi connectivity index (χ0v) is 17.7. The van der Waals surface area contributed by atoms with Gasteiger partial charge in [0, 0.05) is 36.1 Å². The van der Waals surface area contributed by atoms with Crippen LogP contribution in [0.1, 0.15) is 23.0 Å². The molecule has 2 amide bonds. The quantitative estimate of drug-likeness (QED) is 0.641. The second-order valence-corrected chi connectivity index (χ2v) is 7.67. The van der Waals surface area contributed by atoms with Gasteiger partial charge >= 0.3 is 0 Å². The van der Waals surface area contributed by atoms with Crippen molar-refractivity contribution in [1.29, 1.82) is 0 Å². The van der Waals surface area contributed by atoms with E-state index < -0.39 is 23.6 Å². The number of rotatable bonds is 5. The van der Waals surface area contributed by atoms with Crippen LogP contribution in [0.3, 0.4) is 0 Å². The zero-order valence-electron chi connectivity index (χ0n) is 17.7. The number of nitrogens with one attached hydrogen (secondary N) is 2. The van der Waals surface area contributed by atoms with Crippen LogP contribution in [0.25, 0.3) is 5.69 Å². The lowest BCUT2D eigenvalue weighted by molar-refractivity contribution is -0.130. The summed E-state index contributed by atoms with van der Waals surface area (Å²) in [7, 11) is 0. The molecule has 1 aromatic heterocycles. The van der Waals surface area contributed by atoms with E-state index in [9.17, 15) is 18.4 Å². The molecular formula is C23H23F2N5O2. The molecule has 166 valence electrons. The van der Waals surface area contributed by atoms with Gasteiger partial charge in [0.25, 0.3) is 0 Å². The summed E-state index contributed by atoms with van der Waals surface area (Å²) in [6.45, 7) is 4.50. The molecule has 32 heavy (non-hydrogen) atoms. The SMILES string of the molecule is Cc1nn(-c2ccccc2)c(C)c1[C@H]1C(=O)NCCN1CC(=O)Nc1ccc(F)c(F)c1. The second-order valence-electron chi connectivity index (χ2n) is 7.67. The second kappa shape index (κ2) is 8.88. The number of anilines is 1. The number of piperazine rings is 1. The average molecular weight is 439 g/mol. The van der Waals surface area contributed by atoms with E-state index in [1.165, 1.54) is 6.07 Å². The van der Waals surface area contributed by atoms with Gasteiger partial charge in [-0.25, -0.2) is 13.5 Å². The van der Waals surface area contributed by atoms with E-state index in [4.69, 9.17) is 0 Å². The first-order valence-corrected chi connectivity index (χ1v) is 10.2. The van der Waals surface area contributed by atoms with Gasteiger partial charge in [0.2, 0.25) is 11.8 Å². The van der Waals surface area contributed by atoms with Crippen LogP contribution in [0.2, 0.25) is 0 Å². The molecule has 0 saturated carbocycles. The van der Waals surface area contributed by atoms with Crippen LogP contribution < -0.4 is 10.6 Å². The van der Waals surface area contributed by atoms with E-state index in [2.05, 4.69) is 15.7 Å². The van der Waals surface area contributed by atoms with Crippen LogP contribution in [0.5, 0.6) is 0 Å². The van der Waals surface area contributed by atoms with Gasteiger partial charge in [0.1, 0.15) is 6.04 Å². The Morgan fingerprint density at radius 1 is 1.16 bits per heavy atom. The Kier molecular flexibility index (Phi) is 6.00. The van der Waals surface area contributed by atoms with Crippen molar-refractivity contribution in [2.75, 3.05) is 25.0 Å². The molecule has 2 aromatic carbocycles. The van der Waals surface area contributed by atoms with Crippen LogP contribution in [0.4, 0.5) is 14.5 Å². The van der Waals surface area contributed by atoms with Crippen molar-refractivity contribution in [1.82, 2.24) is 20.0 Å². The van der Waals surface area contributed by atoms with Gasteiger partial charge in [-0.05, 0) is 38.1 Å². The van der Waals surface area contributed by atoms with Gasteiger partial charge in [-0.2, -0.15) is 5.10 Å². The number of carbonyl (C=O) groups is 2. The topological polar surface area (TPSA) is 79.3 Å². The standard InChI is InChI=1S/C23H23F2N5O2/c1-14-21(15(2)30(28-14)17-6-4-3-5-7-17)22-23(32)26-10-11-29(22)13-20(31)27-16-8-9-18(24)19(25)12-16/h3-9,12,22H,10-11,13H2,1-2H3,(H,26,32)(H,27,31)/t22-/m0/s1. The number of hydrogen-bond acceptors (Lipinski definition) is 4. The van der Waals surface area contributed by atoms with Gasteiger partial charge in [-0.1, -0.05) is 18.2 Å². The number of benzene rings is 2. The summed E-state index contributed by atoms with van der Waals surface area (Å²) < 4.78 is 28.4. The number of aryl methyl sites for hydroxylation is 1. The van der Waals surface area contributed by atoms with E-state index in [-0.39, 0.29) is 18.1 Å². The molecule has 0 radical (unpaired) electrons. The number of aromatic nitrogens is 2. The van der Waals surface area contributed by atoms with Crippen LogP contribution in [0.15, 0.2) is 48.5 Å². The summed E-state index contributed by atoms with van der Waals surface area (Å²) in [6.07, 6.45) is 0. The molecule has 0 bridgehead atoms. The molecule has 1 atom stereocenters. The molecule has 1 fully saturated rings. The molecule has 0 spiro atoms. The molecule has 1 aliphatic rings. The summed E-state index contributed by atoms with van der Waals surface area (Å²) >= 11 is 0. The molecule has 9 heteroatoms. The molecule has 0 aliphatic carbocycles. The van der Waals surface area contributed by atoms with Crippen molar-refractivity contribution in [2.24, 2.45) is 0 Å². The lowest BCUT2D eigenvalue weighted by Crippen LogP contribution is -2.52. The summed E-state index contributed by atoms with van der Waals surface area (Å²) in [6, 6.07) is 12.1. The predicted molar refractivity (Wildman–Crippen MR) is 115 cm³/mol. The maximum atomic E-state index is 13.5. The Morgan fingerprint density at radius 3 is 2.62 bits per heavy atom. The fraction of sp³-hybridized carbons (Fsp3) is 0.261. The van der Waals surface area contributed by atoms with E-state index in [0.717, 1.165) is 29.1 Å². The van der Waals surface area contributed by atoms with E-state index in [0.29, 0.717) is 18.8 Å². The molecular weight excluding hydrogens is 416 g/mol. The molecule has 2 N–H and O–H groups in total. The monoisotopic (exact) mass is 439 g/mol. The number of halogens is 2. The van der Waals surface area contributed by atoms with Crippen molar-refractivity contribution >= 4 is 17.5 Å². The third-order valence-electron chi connectivity index (χ3n) is 5.48. The first-order valence-electron chi connectivity index (χ1n) is 10.2. The predicted octanol–water partition coefficient (Wildman–Crippen LogP) is 2.88. The van der Waals surface area contributed by atoms with E-state index >= 15 is 0 Å². The number of nitrogens with zero attached hydrogens (tertiary/aromatic N) is 3. The third-order valence-corrected chi connectivity index (χ3v) is 5.48. The third kappa shape index (κ3) is 4.24. The van der Waals surface area contributed by atoms with Crippen molar-refractivity contribution in [3.63, 3.8) is 0 Å². The van der Waals surface area contributed by atoms with E-state index in [1.54, 1.807) is 9.58 Å². The van der Waals surface area contributed by atoms with Crippen LogP contribution >= 0.6 is 0 Å². The molecule has 1 saturated heterocycles.